The van der Waals surface area contributed by atoms with E-state index in [1.165, 1.54) is 0 Å². The first-order valence-electron chi connectivity index (χ1n) is 5.76. The van der Waals surface area contributed by atoms with Gasteiger partial charge in [0.1, 0.15) is 0 Å². The van der Waals surface area contributed by atoms with Crippen molar-refractivity contribution in [1.29, 1.82) is 0 Å². The van der Waals surface area contributed by atoms with Crippen LogP contribution < -0.4 is 4.90 Å². The fraction of sp³-hybridized carbons (Fsp3) is 0.500. The Balaban J connectivity index is 2.30. The van der Waals surface area contributed by atoms with E-state index in [0.29, 0.717) is 4.90 Å². The number of sulfone groups is 1. The molecule has 1 fully saturated rings. The fourth-order valence-corrected chi connectivity index (χ4v) is 3.13. The van der Waals surface area contributed by atoms with E-state index in [0.717, 1.165) is 18.8 Å². The maximum atomic E-state index is 11.9. The molecule has 94 valence electrons. The summed E-state index contributed by atoms with van der Waals surface area (Å²) in [5, 5.41) is 8.98. The van der Waals surface area contributed by atoms with Crippen molar-refractivity contribution >= 4 is 15.5 Å². The van der Waals surface area contributed by atoms with Crippen molar-refractivity contribution in [3.05, 3.63) is 24.3 Å². The van der Waals surface area contributed by atoms with E-state index in [2.05, 4.69) is 0 Å². The van der Waals surface area contributed by atoms with Crippen LogP contribution in [0.1, 0.15) is 6.92 Å². The third-order valence-electron chi connectivity index (χ3n) is 3.14. The van der Waals surface area contributed by atoms with Gasteiger partial charge in [0, 0.05) is 25.6 Å². The maximum absolute atomic E-state index is 11.9. The van der Waals surface area contributed by atoms with Gasteiger partial charge >= 0.3 is 0 Å². The van der Waals surface area contributed by atoms with E-state index in [9.17, 15) is 8.42 Å². The maximum Gasteiger partial charge on any atom is 0.180 e. The lowest BCUT2D eigenvalue weighted by Gasteiger charge is -2.40. The van der Waals surface area contributed by atoms with Gasteiger partial charge in [0.25, 0.3) is 0 Å². The van der Waals surface area contributed by atoms with Crippen molar-refractivity contribution in [2.24, 2.45) is 5.92 Å². The molecule has 1 aliphatic rings. The molecule has 1 aliphatic heterocycles. The smallest absolute Gasteiger partial charge is 0.180 e. The van der Waals surface area contributed by atoms with Crippen LogP contribution in [0.5, 0.6) is 0 Å². The average molecular weight is 255 g/mol. The Hall–Kier alpha value is -1.07. The first-order valence-corrected chi connectivity index (χ1v) is 7.41. The van der Waals surface area contributed by atoms with E-state index in [1.54, 1.807) is 19.1 Å². The lowest BCUT2D eigenvalue weighted by Crippen LogP contribution is -2.48. The number of aliphatic hydroxyl groups is 1. The first kappa shape index (κ1) is 12.4. The van der Waals surface area contributed by atoms with E-state index in [1.807, 2.05) is 17.0 Å². The van der Waals surface area contributed by atoms with Gasteiger partial charge in [-0.25, -0.2) is 8.42 Å². The second-order valence-corrected chi connectivity index (χ2v) is 6.57. The number of hydrogen-bond acceptors (Lipinski definition) is 4. The topological polar surface area (TPSA) is 57.6 Å². The Kier molecular flexibility index (Phi) is 3.40. The third kappa shape index (κ3) is 2.30. The molecule has 1 heterocycles. The van der Waals surface area contributed by atoms with Gasteiger partial charge in [-0.1, -0.05) is 19.1 Å². The highest BCUT2D eigenvalue weighted by molar-refractivity contribution is 7.91. The van der Waals surface area contributed by atoms with E-state index < -0.39 is 9.84 Å². The van der Waals surface area contributed by atoms with E-state index in [-0.39, 0.29) is 18.3 Å². The van der Waals surface area contributed by atoms with Crippen LogP contribution in [0, 0.1) is 5.92 Å². The summed E-state index contributed by atoms with van der Waals surface area (Å²) in [6.45, 7) is 3.28. The number of hydrogen-bond donors (Lipinski definition) is 1. The van der Waals surface area contributed by atoms with Crippen LogP contribution in [-0.2, 0) is 9.84 Å². The van der Waals surface area contributed by atoms with Crippen molar-refractivity contribution in [3.8, 4) is 0 Å². The summed E-state index contributed by atoms with van der Waals surface area (Å²) in [5.74, 6) is 0.383. The van der Waals surface area contributed by atoms with Crippen molar-refractivity contribution in [1.82, 2.24) is 0 Å². The molecule has 1 aromatic carbocycles. The minimum Gasteiger partial charge on any atom is -0.396 e. The molecule has 0 radical (unpaired) electrons. The highest BCUT2D eigenvalue weighted by Crippen LogP contribution is 2.31. The Labute approximate surface area is 102 Å². The highest BCUT2D eigenvalue weighted by atomic mass is 32.2. The molecular weight excluding hydrogens is 238 g/mol. The number of rotatable bonds is 4. The summed E-state index contributed by atoms with van der Waals surface area (Å²) in [4.78, 5) is 2.41. The van der Waals surface area contributed by atoms with Gasteiger partial charge in [-0.15, -0.1) is 0 Å². The number of nitrogens with zero attached hydrogens (tertiary/aromatic N) is 1. The lowest BCUT2D eigenvalue weighted by molar-refractivity contribution is 0.200. The molecule has 0 bridgehead atoms. The Morgan fingerprint density at radius 3 is 2.59 bits per heavy atom. The van der Waals surface area contributed by atoms with Crippen LogP contribution in [0.2, 0.25) is 0 Å². The zero-order valence-corrected chi connectivity index (χ0v) is 10.7. The molecule has 0 aromatic heterocycles. The van der Waals surface area contributed by atoms with Crippen molar-refractivity contribution in [2.45, 2.75) is 11.8 Å². The van der Waals surface area contributed by atoms with Crippen LogP contribution in [-0.4, -0.2) is 39.0 Å². The molecule has 17 heavy (non-hydrogen) atoms. The average Bonchev–Trinajstić information content (AvgIpc) is 2.28. The number of para-hydroxylation sites is 1. The molecule has 4 nitrogen and oxygen atoms in total. The van der Waals surface area contributed by atoms with Crippen LogP contribution in [0.25, 0.3) is 0 Å². The van der Waals surface area contributed by atoms with Gasteiger partial charge < -0.3 is 10.0 Å². The summed E-state index contributed by atoms with van der Waals surface area (Å²) in [6, 6.07) is 7.07. The second-order valence-electron chi connectivity index (χ2n) is 4.32. The second kappa shape index (κ2) is 4.66. The fourth-order valence-electron chi connectivity index (χ4n) is 2.02. The lowest BCUT2D eigenvalue weighted by atomic mass is 10.0. The molecule has 1 N–H and O–H groups in total. The monoisotopic (exact) mass is 255 g/mol. The summed E-state index contributed by atoms with van der Waals surface area (Å²) in [5.41, 5.74) is 0.763. The SMILES string of the molecule is CCS(=O)(=O)c1ccccc1N1CC(CO)C1. The van der Waals surface area contributed by atoms with Crippen LogP contribution in [0.3, 0.4) is 0 Å². The van der Waals surface area contributed by atoms with E-state index in [4.69, 9.17) is 5.11 Å². The number of benzene rings is 1. The normalized spacial score (nSPS) is 16.9. The van der Waals surface area contributed by atoms with Gasteiger partial charge in [0.05, 0.1) is 16.3 Å². The standard InChI is InChI=1S/C12H17NO3S/c1-2-17(15,16)12-6-4-3-5-11(12)13-7-10(8-13)9-14/h3-6,10,14H,2,7-9H2,1H3. The van der Waals surface area contributed by atoms with Gasteiger partial charge in [-0.2, -0.15) is 0 Å². The molecule has 1 saturated heterocycles. The van der Waals surface area contributed by atoms with Crippen molar-refractivity contribution in [3.63, 3.8) is 0 Å². The molecule has 0 saturated carbocycles. The largest absolute Gasteiger partial charge is 0.396 e. The van der Waals surface area contributed by atoms with Gasteiger partial charge in [-0.05, 0) is 12.1 Å². The molecule has 0 atom stereocenters. The predicted octanol–water partition coefficient (Wildman–Crippen LogP) is 0.909. The zero-order chi connectivity index (χ0) is 12.5. The molecular formula is C12H17NO3S. The molecule has 0 unspecified atom stereocenters. The van der Waals surface area contributed by atoms with Crippen molar-refractivity contribution in [2.75, 3.05) is 30.3 Å². The summed E-state index contributed by atoms with van der Waals surface area (Å²) < 4.78 is 23.9. The Morgan fingerprint density at radius 2 is 2.00 bits per heavy atom. The minimum absolute atomic E-state index is 0.112. The molecule has 1 aromatic rings. The van der Waals surface area contributed by atoms with Crippen LogP contribution >= 0.6 is 0 Å². The van der Waals surface area contributed by atoms with Crippen molar-refractivity contribution < 1.29 is 13.5 Å². The van der Waals surface area contributed by atoms with Crippen LogP contribution in [0.15, 0.2) is 29.2 Å². The van der Waals surface area contributed by atoms with E-state index >= 15 is 0 Å². The Bertz CT molecular complexity index is 492. The number of anilines is 1. The molecule has 2 rings (SSSR count). The molecule has 5 heteroatoms. The predicted molar refractivity (Wildman–Crippen MR) is 67.0 cm³/mol. The zero-order valence-electron chi connectivity index (χ0n) is 9.83. The highest BCUT2D eigenvalue weighted by Gasteiger charge is 2.29. The quantitative estimate of drug-likeness (QED) is 0.869. The summed E-state index contributed by atoms with van der Waals surface area (Å²) in [7, 11) is -3.18. The minimum atomic E-state index is -3.18. The summed E-state index contributed by atoms with van der Waals surface area (Å²) in [6.07, 6.45) is 0. The molecule has 0 amide bonds. The first-order chi connectivity index (χ1) is 8.08. The third-order valence-corrected chi connectivity index (χ3v) is 4.91. The van der Waals surface area contributed by atoms with Gasteiger partial charge in [-0.3, -0.25) is 0 Å². The number of aliphatic hydroxyl groups excluding tert-OH is 1. The van der Waals surface area contributed by atoms with Gasteiger partial charge in [0.15, 0.2) is 9.84 Å². The van der Waals surface area contributed by atoms with Gasteiger partial charge in [0.2, 0.25) is 0 Å². The van der Waals surface area contributed by atoms with Crippen LogP contribution in [0.4, 0.5) is 5.69 Å². The Morgan fingerprint density at radius 1 is 1.35 bits per heavy atom. The summed E-state index contributed by atoms with van der Waals surface area (Å²) >= 11 is 0. The molecule has 0 aliphatic carbocycles. The molecule has 0 spiro atoms.